The molecule has 2 aromatic rings. The van der Waals surface area contributed by atoms with Gasteiger partial charge in [0.25, 0.3) is 0 Å². The van der Waals surface area contributed by atoms with E-state index in [1.165, 1.54) is 31.5 Å². The molecule has 1 aliphatic heterocycles. The van der Waals surface area contributed by atoms with Crippen LogP contribution in [0.2, 0.25) is 0 Å². The fraction of sp³-hybridized carbons (Fsp3) is 0.522. The van der Waals surface area contributed by atoms with Crippen LogP contribution in [0.3, 0.4) is 0 Å². The number of hydrogen-bond donors (Lipinski definition) is 3. The van der Waals surface area contributed by atoms with Gasteiger partial charge in [-0.1, -0.05) is 32.4 Å². The predicted molar refractivity (Wildman–Crippen MR) is 112 cm³/mol. The summed E-state index contributed by atoms with van der Waals surface area (Å²) in [6.45, 7) is 8.51. The number of aliphatic hydroxyl groups is 1. The largest absolute Gasteiger partial charge is 0.506 e. The van der Waals surface area contributed by atoms with E-state index >= 15 is 0 Å². The third kappa shape index (κ3) is 6.41. The Hall–Kier alpha value is -2.18. The van der Waals surface area contributed by atoms with Gasteiger partial charge in [0.2, 0.25) is 0 Å². The van der Waals surface area contributed by atoms with Gasteiger partial charge in [-0.25, -0.2) is 4.39 Å². The first-order valence-corrected chi connectivity index (χ1v) is 10.4. The van der Waals surface area contributed by atoms with Crippen LogP contribution in [0.1, 0.15) is 50.5 Å². The fourth-order valence-electron chi connectivity index (χ4n) is 4.05. The number of pyridine rings is 1. The first kappa shape index (κ1) is 23.1. The molecule has 4 rings (SSSR count). The number of hydrogen-bond acceptors (Lipinski definition) is 5. The molecule has 6 heteroatoms. The third-order valence-corrected chi connectivity index (χ3v) is 5.52. The number of nitrogens with zero attached hydrogens (tertiary/aromatic N) is 2. The van der Waals surface area contributed by atoms with E-state index in [-0.39, 0.29) is 11.5 Å². The van der Waals surface area contributed by atoms with Crippen molar-refractivity contribution in [2.24, 2.45) is 11.8 Å². The number of aromatic nitrogens is 1. The van der Waals surface area contributed by atoms with Crippen molar-refractivity contribution in [3.63, 3.8) is 0 Å². The van der Waals surface area contributed by atoms with Crippen molar-refractivity contribution >= 4 is 0 Å². The number of aromatic hydroxyl groups is 2. The molecule has 1 saturated heterocycles. The topological polar surface area (TPSA) is 76.8 Å². The molecule has 160 valence electrons. The molecule has 3 N–H and O–H groups in total. The number of aliphatic hydroxyl groups excluding tert-OH is 1. The predicted octanol–water partition coefficient (Wildman–Crippen LogP) is 4.42. The molecule has 1 aliphatic carbocycles. The van der Waals surface area contributed by atoms with Gasteiger partial charge in [-0.15, -0.1) is 0 Å². The molecule has 5 nitrogen and oxygen atoms in total. The van der Waals surface area contributed by atoms with Crippen LogP contribution in [-0.2, 0) is 0 Å². The minimum absolute atomic E-state index is 0.140. The first-order chi connectivity index (χ1) is 13.9. The summed E-state index contributed by atoms with van der Waals surface area (Å²) in [6.07, 6.45) is 4.93. The van der Waals surface area contributed by atoms with Gasteiger partial charge in [0.1, 0.15) is 11.9 Å². The van der Waals surface area contributed by atoms with Crippen molar-refractivity contribution in [3.8, 4) is 11.5 Å². The molecule has 1 aromatic heterocycles. The number of phenolic OH excluding ortho intramolecular Hbond substituents is 1. The van der Waals surface area contributed by atoms with Crippen LogP contribution in [0, 0.1) is 24.6 Å². The van der Waals surface area contributed by atoms with Crippen molar-refractivity contribution in [1.82, 2.24) is 9.88 Å². The smallest absolute Gasteiger partial charge is 0.167 e. The normalized spacial score (nSPS) is 21.4. The highest BCUT2D eigenvalue weighted by Crippen LogP contribution is 2.38. The van der Waals surface area contributed by atoms with Gasteiger partial charge in [-0.05, 0) is 55.4 Å². The molecule has 1 saturated carbocycles. The van der Waals surface area contributed by atoms with Gasteiger partial charge >= 0.3 is 0 Å². The zero-order valence-electron chi connectivity index (χ0n) is 17.6. The maximum Gasteiger partial charge on any atom is 0.167 e. The number of aryl methyl sites for hydroxylation is 1. The van der Waals surface area contributed by atoms with Crippen molar-refractivity contribution in [2.75, 3.05) is 19.6 Å². The minimum atomic E-state index is -0.551. The van der Waals surface area contributed by atoms with Gasteiger partial charge in [-0.3, -0.25) is 9.88 Å². The highest BCUT2D eigenvalue weighted by atomic mass is 19.1. The van der Waals surface area contributed by atoms with E-state index in [4.69, 9.17) is 5.11 Å². The molecular formula is C23H33FN2O3. The molecular weight excluding hydrogens is 371 g/mol. The lowest BCUT2D eigenvalue weighted by Gasteiger charge is -2.20. The molecule has 2 heterocycles. The van der Waals surface area contributed by atoms with Crippen molar-refractivity contribution in [2.45, 2.75) is 46.1 Å². The van der Waals surface area contributed by atoms with Gasteiger partial charge in [0.05, 0.1) is 11.9 Å². The van der Waals surface area contributed by atoms with Crippen LogP contribution in [0.4, 0.5) is 4.39 Å². The van der Waals surface area contributed by atoms with E-state index in [1.807, 2.05) is 13.8 Å². The van der Waals surface area contributed by atoms with Crippen LogP contribution in [-0.4, -0.2) is 44.8 Å². The van der Waals surface area contributed by atoms with Crippen molar-refractivity contribution in [3.05, 3.63) is 53.6 Å². The number of β-amino-alcohol motifs (C(OH)–C–C–N with tert-alkyl or cyclic N) is 1. The molecule has 0 spiro atoms. The number of halogens is 1. The van der Waals surface area contributed by atoms with Crippen LogP contribution in [0.5, 0.6) is 11.5 Å². The number of likely N-dealkylation sites (tertiary alicyclic amines) is 1. The number of fused-ring (bicyclic) bond motifs is 1. The van der Waals surface area contributed by atoms with Gasteiger partial charge in [-0.2, -0.15) is 0 Å². The minimum Gasteiger partial charge on any atom is -0.506 e. The second kappa shape index (κ2) is 11.1. The molecule has 0 bridgehead atoms. The van der Waals surface area contributed by atoms with Crippen molar-refractivity contribution in [1.29, 1.82) is 0 Å². The molecule has 0 amide bonds. The van der Waals surface area contributed by atoms with E-state index < -0.39 is 11.9 Å². The molecule has 2 aliphatic rings. The Bertz CT molecular complexity index is 722. The van der Waals surface area contributed by atoms with Gasteiger partial charge in [0.15, 0.2) is 11.6 Å². The Balaban J connectivity index is 0.000000231. The molecule has 3 unspecified atom stereocenters. The van der Waals surface area contributed by atoms with Crippen LogP contribution in [0.15, 0.2) is 36.5 Å². The molecule has 0 radical (unpaired) electrons. The average molecular weight is 405 g/mol. The third-order valence-electron chi connectivity index (χ3n) is 5.52. The monoisotopic (exact) mass is 404 g/mol. The summed E-state index contributed by atoms with van der Waals surface area (Å²) in [6, 6.07) is 7.80. The van der Waals surface area contributed by atoms with E-state index in [0.717, 1.165) is 24.9 Å². The maximum atomic E-state index is 12.5. The lowest BCUT2D eigenvalue weighted by molar-refractivity contribution is 0.118. The Morgan fingerprint density at radius 3 is 2.28 bits per heavy atom. The summed E-state index contributed by atoms with van der Waals surface area (Å²) < 4.78 is 12.5. The van der Waals surface area contributed by atoms with Crippen molar-refractivity contribution < 1.29 is 19.7 Å². The summed E-state index contributed by atoms with van der Waals surface area (Å²) >= 11 is 0. The number of rotatable bonds is 3. The van der Waals surface area contributed by atoms with E-state index in [1.54, 1.807) is 31.2 Å². The van der Waals surface area contributed by atoms with Gasteiger partial charge < -0.3 is 15.3 Å². The zero-order valence-corrected chi connectivity index (χ0v) is 17.6. The lowest BCUT2D eigenvalue weighted by Crippen LogP contribution is -2.27. The Kier molecular flexibility index (Phi) is 8.86. The lowest BCUT2D eigenvalue weighted by atomic mass is 10.0. The van der Waals surface area contributed by atoms with Crippen LogP contribution < -0.4 is 0 Å². The summed E-state index contributed by atoms with van der Waals surface area (Å²) in [7, 11) is 0. The highest BCUT2D eigenvalue weighted by Gasteiger charge is 2.36. The Labute approximate surface area is 172 Å². The number of benzene rings is 1. The summed E-state index contributed by atoms with van der Waals surface area (Å²) in [5.74, 6) is 1.03. The maximum absolute atomic E-state index is 12.5. The highest BCUT2D eigenvalue weighted by molar-refractivity contribution is 5.28. The molecule has 1 aromatic carbocycles. The fourth-order valence-corrected chi connectivity index (χ4v) is 4.05. The quantitative estimate of drug-likeness (QED) is 0.706. The molecule has 29 heavy (non-hydrogen) atoms. The van der Waals surface area contributed by atoms with E-state index in [0.29, 0.717) is 17.8 Å². The summed E-state index contributed by atoms with van der Waals surface area (Å²) in [5, 5.41) is 28.1. The Morgan fingerprint density at radius 2 is 1.76 bits per heavy atom. The standard InChI is InChI=1S/C14H20N2O2.C7H7FO.C2H6/c17-12-4-5-13(15-6-12)14(18)9-16-7-10-2-1-3-11(10)8-16;1-5-3-2-4-6(9)7(5)8;1-2/h4-6,10-11,14,17-18H,1-3,7-9H2;2-4,9H,1H3;1-2H3. The SMILES string of the molecule is CC.Cc1cccc(O)c1F.Oc1ccc(C(O)CN2CC3CCCC3C2)nc1. The number of phenols is 1. The van der Waals surface area contributed by atoms with Gasteiger partial charge in [0, 0.05) is 19.6 Å². The van der Waals surface area contributed by atoms with Crippen LogP contribution >= 0.6 is 0 Å². The van der Waals surface area contributed by atoms with E-state index in [2.05, 4.69) is 9.88 Å². The summed E-state index contributed by atoms with van der Waals surface area (Å²) in [4.78, 5) is 6.42. The zero-order chi connectivity index (χ0) is 21.4. The second-order valence-corrected chi connectivity index (χ2v) is 7.53. The van der Waals surface area contributed by atoms with Crippen LogP contribution in [0.25, 0.3) is 0 Å². The Morgan fingerprint density at radius 1 is 1.10 bits per heavy atom. The molecule has 3 atom stereocenters. The van der Waals surface area contributed by atoms with E-state index in [9.17, 15) is 14.6 Å². The molecule has 2 fully saturated rings. The first-order valence-electron chi connectivity index (χ1n) is 10.4. The average Bonchev–Trinajstić information content (AvgIpc) is 3.30. The second-order valence-electron chi connectivity index (χ2n) is 7.53. The summed E-state index contributed by atoms with van der Waals surface area (Å²) in [5.41, 5.74) is 1.11.